The Labute approximate surface area is 231 Å². The lowest BCUT2D eigenvalue weighted by Gasteiger charge is -2.50. The van der Waals surface area contributed by atoms with Crippen LogP contribution >= 0.6 is 11.6 Å². The molecular weight excluding hydrogens is 526 g/mol. The van der Waals surface area contributed by atoms with Crippen LogP contribution in [0.25, 0.3) is 0 Å². The lowest BCUT2D eigenvalue weighted by Crippen LogP contribution is -2.63. The third kappa shape index (κ3) is 4.16. The van der Waals surface area contributed by atoms with E-state index in [-0.39, 0.29) is 29.7 Å². The number of rotatable bonds is 5. The number of amides is 1. The van der Waals surface area contributed by atoms with Crippen molar-refractivity contribution in [3.8, 4) is 5.75 Å². The smallest absolute Gasteiger partial charge is 0.255 e. The van der Waals surface area contributed by atoms with Crippen LogP contribution in [0.3, 0.4) is 0 Å². The highest BCUT2D eigenvalue weighted by Gasteiger charge is 2.63. The van der Waals surface area contributed by atoms with E-state index in [0.29, 0.717) is 28.7 Å². The van der Waals surface area contributed by atoms with Gasteiger partial charge in [0.2, 0.25) is 5.78 Å². The van der Waals surface area contributed by atoms with E-state index in [1.54, 1.807) is 14.1 Å². The first-order valence-corrected chi connectivity index (χ1v) is 13.7. The lowest BCUT2D eigenvalue weighted by molar-refractivity contribution is -0.148. The molecule has 1 saturated carbocycles. The van der Waals surface area contributed by atoms with Crippen LogP contribution < -0.4 is 11.1 Å². The molecule has 0 aliphatic heterocycles. The molecule has 0 unspecified atom stereocenters. The molecule has 5 rings (SSSR count). The van der Waals surface area contributed by atoms with Gasteiger partial charge in [-0.05, 0) is 62.9 Å². The summed E-state index contributed by atoms with van der Waals surface area (Å²) in [7, 11) is 3.18. The van der Waals surface area contributed by atoms with Crippen molar-refractivity contribution in [1.29, 1.82) is 0 Å². The van der Waals surface area contributed by atoms with Crippen LogP contribution in [0, 0.1) is 11.8 Å². The fourth-order valence-corrected chi connectivity index (χ4v) is 7.34. The van der Waals surface area contributed by atoms with Gasteiger partial charge in [0.15, 0.2) is 11.4 Å². The van der Waals surface area contributed by atoms with E-state index in [0.717, 1.165) is 25.7 Å². The second-order valence-corrected chi connectivity index (χ2v) is 11.8. The van der Waals surface area contributed by atoms with Crippen LogP contribution in [0.1, 0.15) is 60.0 Å². The molecule has 0 radical (unpaired) electrons. The topological polar surface area (TPSA) is 173 Å². The minimum Gasteiger partial charge on any atom is -0.510 e. The number of carbonyl (C=O) groups excluding carboxylic acids is 3. The minimum absolute atomic E-state index is 0.0212. The molecule has 1 aromatic carbocycles. The molecule has 0 saturated heterocycles. The zero-order valence-corrected chi connectivity index (χ0v) is 22.7. The number of carbonyl (C=O) groups is 3. The van der Waals surface area contributed by atoms with Crippen LogP contribution in [0.5, 0.6) is 5.75 Å². The standard InChI is InChI=1S/C28H34ClN3O7/c1-32(2)22-16-9-12-8-15-19(17(33)10-13(21(15)29)11-31-14-6-4-3-5-7-14)23(34)18(12)25(36)28(16,39)26(37)20(24(22)35)27(30)38/h10,12,14,16,22,31,33,35-36,39H,3-9,11H2,1-2H3,(H2,30,38)/t12-,16-,22-,28-/m0/s1. The van der Waals surface area contributed by atoms with E-state index >= 15 is 0 Å². The highest BCUT2D eigenvalue weighted by atomic mass is 35.5. The van der Waals surface area contributed by atoms with Crippen molar-refractivity contribution in [2.24, 2.45) is 17.6 Å². The molecule has 210 valence electrons. The molecule has 10 nitrogen and oxygen atoms in total. The summed E-state index contributed by atoms with van der Waals surface area (Å²) in [4.78, 5) is 40.7. The van der Waals surface area contributed by atoms with Gasteiger partial charge in [-0.3, -0.25) is 19.3 Å². The average molecular weight is 560 g/mol. The summed E-state index contributed by atoms with van der Waals surface area (Å²) in [5.74, 6) is -6.78. The maximum absolute atomic E-state index is 13.7. The van der Waals surface area contributed by atoms with E-state index in [9.17, 15) is 34.8 Å². The lowest BCUT2D eigenvalue weighted by atomic mass is 9.58. The molecule has 1 fully saturated rings. The van der Waals surface area contributed by atoms with Gasteiger partial charge < -0.3 is 31.5 Å². The Morgan fingerprint density at radius 1 is 1.18 bits per heavy atom. The van der Waals surface area contributed by atoms with Crippen molar-refractivity contribution in [3.05, 3.63) is 50.4 Å². The van der Waals surface area contributed by atoms with Crippen molar-refractivity contribution >= 4 is 29.1 Å². The largest absolute Gasteiger partial charge is 0.510 e. The van der Waals surface area contributed by atoms with Crippen LogP contribution in [0.15, 0.2) is 28.7 Å². The fraction of sp³-hybridized carbons (Fsp3) is 0.536. The Morgan fingerprint density at radius 3 is 2.46 bits per heavy atom. The Hall–Kier alpha value is -2.92. The Bertz CT molecular complexity index is 1330. The summed E-state index contributed by atoms with van der Waals surface area (Å²) in [5, 5.41) is 48.6. The highest BCUT2D eigenvalue weighted by molar-refractivity contribution is 6.33. The Morgan fingerprint density at radius 2 is 1.85 bits per heavy atom. The predicted octanol–water partition coefficient (Wildman–Crippen LogP) is 2.20. The average Bonchev–Trinajstić information content (AvgIpc) is 2.87. The second-order valence-electron chi connectivity index (χ2n) is 11.4. The fourth-order valence-electron chi connectivity index (χ4n) is 7.04. The van der Waals surface area contributed by atoms with Gasteiger partial charge in [0, 0.05) is 29.1 Å². The number of ketones is 2. The number of likely N-dealkylation sites (N-methyl/N-ethyl adjacent to an activating group) is 1. The minimum atomic E-state index is -2.66. The van der Waals surface area contributed by atoms with E-state index < -0.39 is 58.0 Å². The summed E-state index contributed by atoms with van der Waals surface area (Å²) < 4.78 is 0. The molecule has 4 aliphatic carbocycles. The molecule has 7 N–H and O–H groups in total. The first kappa shape index (κ1) is 27.6. The van der Waals surface area contributed by atoms with Crippen molar-refractivity contribution in [3.63, 3.8) is 0 Å². The third-order valence-electron chi connectivity index (χ3n) is 8.92. The number of fused-ring (bicyclic) bond motifs is 3. The van der Waals surface area contributed by atoms with Crippen molar-refractivity contribution < 1.29 is 34.8 Å². The summed E-state index contributed by atoms with van der Waals surface area (Å²) in [6.45, 7) is 0.422. The quantitative estimate of drug-likeness (QED) is 0.295. The number of phenolic OH excluding ortho intramolecular Hbond substituents is 1. The molecule has 0 heterocycles. The number of halogens is 1. The van der Waals surface area contributed by atoms with Gasteiger partial charge in [-0.2, -0.15) is 0 Å². The van der Waals surface area contributed by atoms with E-state index in [1.165, 1.54) is 17.4 Å². The summed E-state index contributed by atoms with van der Waals surface area (Å²) in [6.07, 6.45) is 5.86. The number of aromatic hydroxyl groups is 1. The normalized spacial score (nSPS) is 29.4. The van der Waals surface area contributed by atoms with Crippen LogP contribution in [0.4, 0.5) is 0 Å². The number of allylic oxidation sites excluding steroid dienone is 1. The van der Waals surface area contributed by atoms with Gasteiger partial charge in [-0.15, -0.1) is 0 Å². The molecule has 0 spiro atoms. The van der Waals surface area contributed by atoms with Crippen LogP contribution in [0.2, 0.25) is 5.02 Å². The number of aliphatic hydroxyl groups excluding tert-OH is 2. The number of hydrogen-bond donors (Lipinski definition) is 6. The zero-order valence-electron chi connectivity index (χ0n) is 22.0. The van der Waals surface area contributed by atoms with Crippen LogP contribution in [-0.4, -0.2) is 74.6 Å². The summed E-state index contributed by atoms with van der Waals surface area (Å²) in [5.41, 5.74) is 2.68. The molecule has 1 aromatic rings. The molecule has 1 amide bonds. The van der Waals surface area contributed by atoms with Gasteiger partial charge >= 0.3 is 0 Å². The maximum Gasteiger partial charge on any atom is 0.255 e. The predicted molar refractivity (Wildman–Crippen MR) is 142 cm³/mol. The van der Waals surface area contributed by atoms with Gasteiger partial charge in [0.25, 0.3) is 5.91 Å². The SMILES string of the molecule is CN(C)[C@@H]1C(O)=C(C(N)=O)C(=O)[C@@]2(O)C(O)=C3C(=O)c4c(O)cc(CNC5CCCCC5)c(Cl)c4C[C@H]3C[C@@H]12. The van der Waals surface area contributed by atoms with Crippen molar-refractivity contribution in [1.82, 2.24) is 10.2 Å². The molecule has 11 heteroatoms. The van der Waals surface area contributed by atoms with E-state index in [1.807, 2.05) is 0 Å². The van der Waals surface area contributed by atoms with E-state index in [2.05, 4.69) is 5.32 Å². The first-order chi connectivity index (χ1) is 18.4. The van der Waals surface area contributed by atoms with Crippen molar-refractivity contribution in [2.75, 3.05) is 14.1 Å². The van der Waals surface area contributed by atoms with Crippen molar-refractivity contribution in [2.45, 2.75) is 69.2 Å². The molecule has 4 aliphatic rings. The zero-order chi connectivity index (χ0) is 28.4. The third-order valence-corrected chi connectivity index (χ3v) is 9.39. The molecular formula is C28H34ClN3O7. The number of nitrogens with zero attached hydrogens (tertiary/aromatic N) is 1. The Kier molecular flexibility index (Phi) is 7.03. The monoisotopic (exact) mass is 559 g/mol. The molecule has 39 heavy (non-hydrogen) atoms. The summed E-state index contributed by atoms with van der Waals surface area (Å²) in [6, 6.07) is 0.757. The summed E-state index contributed by atoms with van der Waals surface area (Å²) >= 11 is 6.80. The number of primary amides is 1. The number of Topliss-reactive ketones (excluding diaryl/α,β-unsaturated/α-hetero) is 2. The number of nitrogens with two attached hydrogens (primary N) is 1. The number of phenols is 1. The molecule has 4 atom stereocenters. The van der Waals surface area contributed by atoms with E-state index in [4.69, 9.17) is 17.3 Å². The molecule has 0 bridgehead atoms. The van der Waals surface area contributed by atoms with Gasteiger partial charge in [0.1, 0.15) is 22.8 Å². The number of hydrogen-bond acceptors (Lipinski definition) is 9. The van der Waals surface area contributed by atoms with Gasteiger partial charge in [0.05, 0.1) is 11.6 Å². The first-order valence-electron chi connectivity index (χ1n) is 13.3. The highest BCUT2D eigenvalue weighted by Crippen LogP contribution is 2.53. The number of nitrogens with one attached hydrogen (secondary N) is 1. The number of benzene rings is 1. The Balaban J connectivity index is 1.57. The van der Waals surface area contributed by atoms with Gasteiger partial charge in [-0.25, -0.2) is 0 Å². The van der Waals surface area contributed by atoms with Crippen LogP contribution in [-0.2, 0) is 22.6 Å². The molecule has 0 aromatic heterocycles. The maximum atomic E-state index is 13.7. The van der Waals surface area contributed by atoms with Gasteiger partial charge in [-0.1, -0.05) is 30.9 Å². The number of aliphatic hydroxyl groups is 3. The second kappa shape index (κ2) is 9.92.